The second-order valence-electron chi connectivity index (χ2n) is 4.44. The van der Waals surface area contributed by atoms with Crippen LogP contribution in [0.1, 0.15) is 38.5 Å². The molecule has 1 aliphatic carbocycles. The van der Waals surface area contributed by atoms with Gasteiger partial charge in [-0.3, -0.25) is 0 Å². The van der Waals surface area contributed by atoms with E-state index in [-0.39, 0.29) is 0 Å². The first kappa shape index (κ1) is 13.2. The highest BCUT2D eigenvalue weighted by atomic mass is 28.3. The summed E-state index contributed by atoms with van der Waals surface area (Å²) < 4.78 is 9.22. The van der Waals surface area contributed by atoms with Crippen LogP contribution in [0.4, 0.5) is 0 Å². The van der Waals surface area contributed by atoms with E-state index in [0.717, 1.165) is 12.0 Å². The van der Waals surface area contributed by atoms with Crippen LogP contribution < -0.4 is 5.32 Å². The van der Waals surface area contributed by atoms with Gasteiger partial charge in [0.1, 0.15) is 0 Å². The highest BCUT2D eigenvalue weighted by Crippen LogP contribution is 2.29. The first-order chi connectivity index (χ1) is 7.38. The molecule has 2 atom stereocenters. The fourth-order valence-corrected chi connectivity index (χ4v) is 2.83. The Balaban J connectivity index is 0.000000195. The lowest BCUT2D eigenvalue weighted by molar-refractivity contribution is 0.212. The number of hydrogen-bond acceptors (Lipinski definition) is 3. The minimum atomic E-state index is -0.568. The van der Waals surface area contributed by atoms with E-state index in [2.05, 4.69) is 14.2 Å². The average Bonchev–Trinajstić information content (AvgIpc) is 2.31. The van der Waals surface area contributed by atoms with Crippen molar-refractivity contribution in [1.82, 2.24) is 5.32 Å². The number of fused-ring (bicyclic) bond motifs is 1. The average molecular weight is 231 g/mol. The molecule has 0 aromatic heterocycles. The lowest BCUT2D eigenvalue weighted by atomic mass is 9.80. The summed E-state index contributed by atoms with van der Waals surface area (Å²) in [6, 6.07) is 0.905. The van der Waals surface area contributed by atoms with E-state index in [9.17, 15) is 0 Å². The summed E-state index contributed by atoms with van der Waals surface area (Å²) in [6.45, 7) is 1.28. The molecule has 0 spiro atoms. The Morgan fingerprint density at radius 3 is 2.27 bits per heavy atom. The van der Waals surface area contributed by atoms with Gasteiger partial charge >= 0.3 is 10.0 Å². The molecule has 1 heterocycles. The molecule has 4 heteroatoms. The van der Waals surface area contributed by atoms with Crippen molar-refractivity contribution in [2.45, 2.75) is 44.6 Å². The summed E-state index contributed by atoms with van der Waals surface area (Å²) in [4.78, 5) is 0. The second-order valence-corrected chi connectivity index (χ2v) is 5.83. The van der Waals surface area contributed by atoms with Gasteiger partial charge in [-0.15, -0.1) is 0 Å². The van der Waals surface area contributed by atoms with Crippen molar-refractivity contribution in [1.29, 1.82) is 0 Å². The van der Waals surface area contributed by atoms with E-state index in [1.807, 2.05) is 0 Å². The van der Waals surface area contributed by atoms with Crippen molar-refractivity contribution in [2.75, 3.05) is 20.8 Å². The minimum Gasteiger partial charge on any atom is -0.402 e. The van der Waals surface area contributed by atoms with E-state index in [0.29, 0.717) is 0 Å². The van der Waals surface area contributed by atoms with Gasteiger partial charge in [-0.2, -0.15) is 0 Å². The molecule has 2 rings (SSSR count). The highest BCUT2D eigenvalue weighted by Gasteiger charge is 2.26. The predicted molar refractivity (Wildman–Crippen MR) is 65.5 cm³/mol. The van der Waals surface area contributed by atoms with Gasteiger partial charge in [0.25, 0.3) is 0 Å². The van der Waals surface area contributed by atoms with Crippen LogP contribution >= 0.6 is 0 Å². The molecular formula is C11H25NO2Si. The Morgan fingerprint density at radius 1 is 1.00 bits per heavy atom. The standard InChI is InChI=1S/C9H17N.C2H8O2Si/c1-2-6-9-8(4-1)5-3-7-10-9;1-3-5-4-2/h8-10H,1-7H2;5H2,1-2H3. The smallest absolute Gasteiger partial charge is 0.303 e. The lowest BCUT2D eigenvalue weighted by Crippen LogP contribution is -2.42. The summed E-state index contributed by atoms with van der Waals surface area (Å²) in [5, 5.41) is 3.62. The molecule has 0 radical (unpaired) electrons. The molecule has 0 amide bonds. The third-order valence-electron chi connectivity index (χ3n) is 3.30. The van der Waals surface area contributed by atoms with Crippen molar-refractivity contribution in [2.24, 2.45) is 5.92 Å². The molecule has 1 saturated heterocycles. The molecule has 2 fully saturated rings. The summed E-state index contributed by atoms with van der Waals surface area (Å²) >= 11 is 0. The van der Waals surface area contributed by atoms with Crippen molar-refractivity contribution < 1.29 is 8.85 Å². The van der Waals surface area contributed by atoms with E-state index >= 15 is 0 Å². The maximum absolute atomic E-state index is 4.61. The molecule has 1 N–H and O–H groups in total. The molecule has 3 nitrogen and oxygen atoms in total. The highest BCUT2D eigenvalue weighted by molar-refractivity contribution is 6.17. The van der Waals surface area contributed by atoms with Crippen molar-refractivity contribution in [3.05, 3.63) is 0 Å². The zero-order chi connectivity index (χ0) is 10.9. The monoisotopic (exact) mass is 231 g/mol. The van der Waals surface area contributed by atoms with Crippen molar-refractivity contribution >= 4 is 10.0 Å². The molecule has 0 aromatic rings. The molecule has 0 aromatic carbocycles. The van der Waals surface area contributed by atoms with Gasteiger partial charge in [0.15, 0.2) is 0 Å². The predicted octanol–water partition coefficient (Wildman–Crippen LogP) is 1.21. The molecule has 0 bridgehead atoms. The fraction of sp³-hybridized carbons (Fsp3) is 1.00. The largest absolute Gasteiger partial charge is 0.402 e. The van der Waals surface area contributed by atoms with E-state index in [1.54, 1.807) is 14.2 Å². The Hall–Kier alpha value is 0.0969. The Kier molecular flexibility index (Phi) is 7.26. The van der Waals surface area contributed by atoms with Gasteiger partial charge in [0.05, 0.1) is 0 Å². The van der Waals surface area contributed by atoms with Gasteiger partial charge in [0, 0.05) is 20.3 Å². The summed E-state index contributed by atoms with van der Waals surface area (Å²) in [7, 11) is 2.73. The second kappa shape index (κ2) is 8.27. The quantitative estimate of drug-likeness (QED) is 0.725. The third-order valence-corrected chi connectivity index (χ3v) is 3.77. The van der Waals surface area contributed by atoms with E-state index in [1.165, 1.54) is 45.1 Å². The first-order valence-corrected chi connectivity index (χ1v) is 7.25. The molecule has 1 aliphatic heterocycles. The molecule has 2 aliphatic rings. The lowest BCUT2D eigenvalue weighted by Gasteiger charge is -2.36. The SMILES string of the molecule is C1CCC2NCCCC2C1.CO[SiH2]OC. The van der Waals surface area contributed by atoms with Crippen LogP contribution in [0.25, 0.3) is 0 Å². The van der Waals surface area contributed by atoms with E-state index < -0.39 is 10.0 Å². The molecule has 2 unspecified atom stereocenters. The van der Waals surface area contributed by atoms with Crippen molar-refractivity contribution in [3.8, 4) is 0 Å². The van der Waals surface area contributed by atoms with Gasteiger partial charge in [-0.1, -0.05) is 12.8 Å². The molecule has 90 valence electrons. The summed E-state index contributed by atoms with van der Waals surface area (Å²) in [6.07, 6.45) is 8.82. The van der Waals surface area contributed by atoms with Crippen LogP contribution in [0.5, 0.6) is 0 Å². The first-order valence-electron chi connectivity index (χ1n) is 6.09. The Bertz CT molecular complexity index is 130. The molecule has 15 heavy (non-hydrogen) atoms. The number of hydrogen-bond donors (Lipinski definition) is 1. The summed E-state index contributed by atoms with van der Waals surface area (Å²) in [5.41, 5.74) is 0. The molecular weight excluding hydrogens is 206 g/mol. The molecule has 1 saturated carbocycles. The van der Waals surface area contributed by atoms with Crippen LogP contribution in [0.2, 0.25) is 0 Å². The Labute approximate surface area is 96.0 Å². The number of rotatable bonds is 2. The van der Waals surface area contributed by atoms with Gasteiger partial charge in [-0.25, -0.2) is 0 Å². The van der Waals surface area contributed by atoms with Gasteiger partial charge in [0.2, 0.25) is 0 Å². The normalized spacial score (nSPS) is 30.0. The third kappa shape index (κ3) is 5.11. The minimum absolute atomic E-state index is 0.568. The van der Waals surface area contributed by atoms with Crippen LogP contribution in [-0.4, -0.2) is 36.8 Å². The maximum Gasteiger partial charge on any atom is 0.303 e. The zero-order valence-corrected chi connectivity index (χ0v) is 11.5. The summed E-state index contributed by atoms with van der Waals surface area (Å²) in [5.74, 6) is 1.04. The van der Waals surface area contributed by atoms with Gasteiger partial charge in [-0.05, 0) is 38.1 Å². The van der Waals surface area contributed by atoms with Crippen LogP contribution in [0.15, 0.2) is 0 Å². The zero-order valence-electron chi connectivity index (χ0n) is 10.1. The van der Waals surface area contributed by atoms with Gasteiger partial charge < -0.3 is 14.2 Å². The number of nitrogens with one attached hydrogen (secondary N) is 1. The topological polar surface area (TPSA) is 30.5 Å². The van der Waals surface area contributed by atoms with Crippen LogP contribution in [-0.2, 0) is 8.85 Å². The van der Waals surface area contributed by atoms with Crippen LogP contribution in [0, 0.1) is 5.92 Å². The van der Waals surface area contributed by atoms with Crippen molar-refractivity contribution in [3.63, 3.8) is 0 Å². The Morgan fingerprint density at radius 2 is 1.67 bits per heavy atom. The number of piperidine rings is 1. The fourth-order valence-electron chi connectivity index (χ4n) is 2.59. The van der Waals surface area contributed by atoms with Crippen LogP contribution in [0.3, 0.4) is 0 Å². The maximum atomic E-state index is 4.61. The van der Waals surface area contributed by atoms with E-state index in [4.69, 9.17) is 0 Å².